The summed E-state index contributed by atoms with van der Waals surface area (Å²) in [5.74, 6) is 0. The van der Waals surface area contributed by atoms with Gasteiger partial charge in [-0.15, -0.1) is 0 Å². The Morgan fingerprint density at radius 3 is 2.24 bits per heavy atom. The smallest absolute Gasteiger partial charge is 0.0575 e. The van der Waals surface area contributed by atoms with Crippen LogP contribution in [0, 0.1) is 0 Å². The molecule has 21 heavy (non-hydrogen) atoms. The molecule has 2 nitrogen and oxygen atoms in total. The molecule has 2 atom stereocenters. The van der Waals surface area contributed by atoms with E-state index in [9.17, 15) is 0 Å². The van der Waals surface area contributed by atoms with Crippen molar-refractivity contribution in [1.29, 1.82) is 0 Å². The van der Waals surface area contributed by atoms with Gasteiger partial charge in [0.05, 0.1) is 21.2 Å². The number of benzene rings is 1. The Morgan fingerprint density at radius 1 is 1.19 bits per heavy atom. The molecule has 1 fully saturated rings. The Kier molecular flexibility index (Phi) is 7.64. The summed E-state index contributed by atoms with van der Waals surface area (Å²) >= 11 is 0. The molecule has 0 amide bonds. The Morgan fingerprint density at radius 2 is 1.81 bits per heavy atom. The summed E-state index contributed by atoms with van der Waals surface area (Å²) in [5.41, 5.74) is 2.35. The molecule has 0 aromatic heterocycles. The Labute approximate surface area is 132 Å². The van der Waals surface area contributed by atoms with E-state index in [-0.39, 0.29) is 0 Å². The van der Waals surface area contributed by atoms with Crippen molar-refractivity contribution in [2.75, 3.05) is 14.2 Å². The summed E-state index contributed by atoms with van der Waals surface area (Å²) in [6.45, 7) is 9.64. The zero-order chi connectivity index (χ0) is 15.9. The number of nitrogens with zero attached hydrogens (tertiary/aromatic N) is 1. The molecule has 2 unspecified atom stereocenters. The maximum absolute atomic E-state index is 5.10. The van der Waals surface area contributed by atoms with Gasteiger partial charge in [-0.1, -0.05) is 75.7 Å². The molecule has 1 saturated heterocycles. The second kappa shape index (κ2) is 8.72. The van der Waals surface area contributed by atoms with E-state index < -0.39 is 8.07 Å². The van der Waals surface area contributed by atoms with Gasteiger partial charge >= 0.3 is 0 Å². The first kappa shape index (κ1) is 18.4. The van der Waals surface area contributed by atoms with Crippen molar-refractivity contribution < 1.29 is 4.84 Å². The molecule has 0 N–H and O–H groups in total. The fourth-order valence-electron chi connectivity index (χ4n) is 2.77. The van der Waals surface area contributed by atoms with Crippen LogP contribution in [0.3, 0.4) is 0 Å². The summed E-state index contributed by atoms with van der Waals surface area (Å²) in [6, 6.07) is 12.2. The first-order chi connectivity index (χ1) is 9.88. The number of hydroxylamine groups is 2. The highest BCUT2D eigenvalue weighted by Crippen LogP contribution is 2.36. The van der Waals surface area contributed by atoms with Gasteiger partial charge in [0.2, 0.25) is 0 Å². The second-order valence-corrected chi connectivity index (χ2v) is 12.4. The summed E-state index contributed by atoms with van der Waals surface area (Å²) in [7, 11) is 2.91. The van der Waals surface area contributed by atoms with Gasteiger partial charge in [0.1, 0.15) is 0 Å². The minimum Gasteiger partial charge on any atom is -0.302 e. The number of hydrogen-bond donors (Lipinski definition) is 0. The molecule has 3 heteroatoms. The van der Waals surface area contributed by atoms with E-state index in [4.69, 9.17) is 4.84 Å². The molecular weight excluding hydrogens is 274 g/mol. The van der Waals surface area contributed by atoms with Crippen LogP contribution in [0.25, 0.3) is 0 Å². The summed E-state index contributed by atoms with van der Waals surface area (Å²) < 4.78 is 0. The predicted octanol–water partition coefficient (Wildman–Crippen LogP) is 5.51. The van der Waals surface area contributed by atoms with E-state index in [0.29, 0.717) is 6.04 Å². The quantitative estimate of drug-likeness (QED) is 0.539. The first-order valence-electron chi connectivity index (χ1n) is 8.20. The van der Waals surface area contributed by atoms with Crippen LogP contribution in [-0.2, 0) is 4.84 Å². The predicted molar refractivity (Wildman–Crippen MR) is 95.2 cm³/mol. The lowest BCUT2D eigenvalue weighted by Gasteiger charge is -2.34. The fraction of sp³-hybridized carbons (Fsp3) is 0.667. The van der Waals surface area contributed by atoms with Crippen LogP contribution in [0.15, 0.2) is 30.3 Å². The Hall–Kier alpha value is -0.643. The SMILES string of the molecule is CC1CCCC[Si]1(C)C.CON(C)C(C)c1ccccc1. The van der Waals surface area contributed by atoms with Gasteiger partial charge in [-0.3, -0.25) is 0 Å². The molecule has 1 aromatic rings. The van der Waals surface area contributed by atoms with E-state index in [2.05, 4.69) is 39.1 Å². The largest absolute Gasteiger partial charge is 0.302 e. The molecule has 0 spiro atoms. The topological polar surface area (TPSA) is 12.5 Å². The molecule has 1 heterocycles. The van der Waals surface area contributed by atoms with Crippen LogP contribution in [0.2, 0.25) is 24.7 Å². The van der Waals surface area contributed by atoms with Crippen molar-refractivity contribution in [2.24, 2.45) is 0 Å². The molecular formula is C18H33NOSi. The van der Waals surface area contributed by atoms with Gasteiger partial charge in [0.15, 0.2) is 0 Å². The second-order valence-electron chi connectivity index (χ2n) is 6.95. The lowest BCUT2D eigenvalue weighted by atomic mass is 10.1. The maximum atomic E-state index is 5.10. The van der Waals surface area contributed by atoms with E-state index in [1.54, 1.807) is 13.2 Å². The van der Waals surface area contributed by atoms with Gasteiger partial charge in [-0.05, 0) is 18.0 Å². The zero-order valence-electron chi connectivity index (χ0n) is 14.7. The molecule has 0 radical (unpaired) electrons. The van der Waals surface area contributed by atoms with Crippen LogP contribution in [-0.4, -0.2) is 27.3 Å². The fourth-order valence-corrected chi connectivity index (χ4v) is 5.41. The third-order valence-electron chi connectivity index (χ3n) is 5.16. The molecule has 1 aromatic carbocycles. The van der Waals surface area contributed by atoms with Gasteiger partial charge < -0.3 is 4.84 Å². The highest BCUT2D eigenvalue weighted by molar-refractivity contribution is 6.78. The average molecular weight is 308 g/mol. The van der Waals surface area contributed by atoms with Gasteiger partial charge in [-0.25, -0.2) is 0 Å². The van der Waals surface area contributed by atoms with E-state index in [0.717, 1.165) is 5.54 Å². The third kappa shape index (κ3) is 5.93. The van der Waals surface area contributed by atoms with Crippen LogP contribution < -0.4 is 0 Å². The van der Waals surface area contributed by atoms with Crippen molar-refractivity contribution in [1.82, 2.24) is 5.06 Å². The van der Waals surface area contributed by atoms with Crippen LogP contribution in [0.1, 0.15) is 44.7 Å². The van der Waals surface area contributed by atoms with Gasteiger partial charge in [0.25, 0.3) is 0 Å². The normalized spacial score (nSPS) is 22.3. The molecule has 0 aliphatic carbocycles. The Bertz CT molecular complexity index is 393. The van der Waals surface area contributed by atoms with Crippen LogP contribution >= 0.6 is 0 Å². The minimum absolute atomic E-state index is 0.302. The molecule has 0 bridgehead atoms. The van der Waals surface area contributed by atoms with Crippen molar-refractivity contribution in [3.05, 3.63) is 35.9 Å². The number of rotatable bonds is 3. The zero-order valence-corrected chi connectivity index (χ0v) is 15.7. The Balaban J connectivity index is 0.000000219. The highest BCUT2D eigenvalue weighted by Gasteiger charge is 2.30. The highest BCUT2D eigenvalue weighted by atomic mass is 28.3. The van der Waals surface area contributed by atoms with Crippen molar-refractivity contribution in [2.45, 2.75) is 63.8 Å². The van der Waals surface area contributed by atoms with Crippen molar-refractivity contribution in [3.63, 3.8) is 0 Å². The van der Waals surface area contributed by atoms with Gasteiger partial charge in [-0.2, -0.15) is 5.06 Å². The monoisotopic (exact) mass is 307 g/mol. The molecule has 1 aliphatic rings. The van der Waals surface area contributed by atoms with Crippen molar-refractivity contribution in [3.8, 4) is 0 Å². The van der Waals surface area contributed by atoms with E-state index in [1.165, 1.54) is 24.8 Å². The number of hydrogen-bond acceptors (Lipinski definition) is 2. The molecule has 1 aliphatic heterocycles. The first-order valence-corrected chi connectivity index (χ1v) is 11.5. The summed E-state index contributed by atoms with van der Waals surface area (Å²) in [4.78, 5) is 5.10. The van der Waals surface area contributed by atoms with Gasteiger partial charge in [0, 0.05) is 7.05 Å². The van der Waals surface area contributed by atoms with E-state index in [1.807, 2.05) is 30.3 Å². The summed E-state index contributed by atoms with van der Waals surface area (Å²) in [6.07, 6.45) is 4.53. The lowest BCUT2D eigenvalue weighted by Crippen LogP contribution is -2.33. The van der Waals surface area contributed by atoms with E-state index >= 15 is 0 Å². The molecule has 0 saturated carbocycles. The minimum atomic E-state index is -0.694. The lowest BCUT2D eigenvalue weighted by molar-refractivity contribution is -0.137. The van der Waals surface area contributed by atoms with Crippen LogP contribution in [0.5, 0.6) is 0 Å². The summed E-state index contributed by atoms with van der Waals surface area (Å²) in [5, 5.41) is 1.83. The molecule has 2 rings (SSSR count). The van der Waals surface area contributed by atoms with Crippen molar-refractivity contribution >= 4 is 8.07 Å². The molecule has 120 valence electrons. The standard InChI is InChI=1S/C10H15NO.C8H18Si/c1-9(11(2)12-3)10-7-5-4-6-8-10;1-8-6-4-5-7-9(8,2)3/h4-9H,1-3H3;8H,4-7H2,1-3H3. The van der Waals surface area contributed by atoms with Crippen LogP contribution in [0.4, 0.5) is 0 Å². The average Bonchev–Trinajstić information content (AvgIpc) is 2.50. The third-order valence-corrected chi connectivity index (χ3v) is 9.76. The maximum Gasteiger partial charge on any atom is 0.0575 e.